The van der Waals surface area contributed by atoms with Gasteiger partial charge in [0.25, 0.3) is 0 Å². The zero-order chi connectivity index (χ0) is 14.0. The van der Waals surface area contributed by atoms with Crippen molar-refractivity contribution < 1.29 is 0 Å². The molecule has 0 aromatic heterocycles. The van der Waals surface area contributed by atoms with Crippen molar-refractivity contribution in [2.24, 2.45) is 5.92 Å². The number of unbranched alkanes of at least 4 members (excludes halogenated alkanes) is 4. The van der Waals surface area contributed by atoms with Crippen molar-refractivity contribution in [1.82, 2.24) is 5.32 Å². The highest BCUT2D eigenvalue weighted by Gasteiger charge is 2.21. The molecule has 1 heteroatoms. The van der Waals surface area contributed by atoms with E-state index in [-0.39, 0.29) is 0 Å². The lowest BCUT2D eigenvalue weighted by molar-refractivity contribution is 0.419. The summed E-state index contributed by atoms with van der Waals surface area (Å²) in [6, 6.07) is 11.9. The van der Waals surface area contributed by atoms with E-state index >= 15 is 0 Å². The molecule has 0 bridgehead atoms. The average Bonchev–Trinajstić information content (AvgIpc) is 3.29. The second-order valence-corrected chi connectivity index (χ2v) is 6.44. The molecule has 20 heavy (non-hydrogen) atoms. The Bertz CT molecular complexity index is 342. The van der Waals surface area contributed by atoms with E-state index in [1.807, 2.05) is 0 Å². The molecule has 0 saturated heterocycles. The highest BCUT2D eigenvalue weighted by molar-refractivity contribution is 5.15. The molecular formula is C19H31N. The van der Waals surface area contributed by atoms with Gasteiger partial charge in [-0.15, -0.1) is 0 Å². The van der Waals surface area contributed by atoms with Crippen LogP contribution in [0.4, 0.5) is 0 Å². The SMILES string of the molecule is CCCCCCCC(CNC1CC1)Cc1ccccc1. The number of benzene rings is 1. The zero-order valence-corrected chi connectivity index (χ0v) is 13.1. The molecular weight excluding hydrogens is 242 g/mol. The van der Waals surface area contributed by atoms with Crippen LogP contribution < -0.4 is 5.32 Å². The third-order valence-corrected chi connectivity index (χ3v) is 4.36. The molecule has 1 aliphatic carbocycles. The van der Waals surface area contributed by atoms with Crippen molar-refractivity contribution in [3.05, 3.63) is 35.9 Å². The van der Waals surface area contributed by atoms with E-state index in [0.717, 1.165) is 12.0 Å². The van der Waals surface area contributed by atoms with Crippen molar-refractivity contribution in [3.63, 3.8) is 0 Å². The molecule has 1 fully saturated rings. The van der Waals surface area contributed by atoms with Gasteiger partial charge in [0.1, 0.15) is 0 Å². The minimum absolute atomic E-state index is 0.819. The third kappa shape index (κ3) is 6.56. The molecule has 0 spiro atoms. The van der Waals surface area contributed by atoms with Crippen LogP contribution in [0.1, 0.15) is 63.9 Å². The van der Waals surface area contributed by atoms with E-state index in [1.54, 1.807) is 0 Å². The van der Waals surface area contributed by atoms with Crippen molar-refractivity contribution >= 4 is 0 Å². The Morgan fingerprint density at radius 3 is 2.50 bits per heavy atom. The van der Waals surface area contributed by atoms with Crippen molar-refractivity contribution in [1.29, 1.82) is 0 Å². The van der Waals surface area contributed by atoms with Crippen LogP contribution in [-0.4, -0.2) is 12.6 Å². The topological polar surface area (TPSA) is 12.0 Å². The van der Waals surface area contributed by atoms with E-state index < -0.39 is 0 Å². The van der Waals surface area contributed by atoms with Crippen molar-refractivity contribution in [2.75, 3.05) is 6.54 Å². The van der Waals surface area contributed by atoms with E-state index in [2.05, 4.69) is 42.6 Å². The Morgan fingerprint density at radius 2 is 1.80 bits per heavy atom. The second-order valence-electron chi connectivity index (χ2n) is 6.44. The predicted octanol–water partition coefficient (Wildman–Crippen LogP) is 4.96. The molecule has 1 nitrogen and oxygen atoms in total. The van der Waals surface area contributed by atoms with Gasteiger partial charge in [0, 0.05) is 6.04 Å². The summed E-state index contributed by atoms with van der Waals surface area (Å²) in [5.41, 5.74) is 1.50. The van der Waals surface area contributed by atoms with Crippen LogP contribution in [0.15, 0.2) is 30.3 Å². The first-order valence-corrected chi connectivity index (χ1v) is 8.65. The van der Waals surface area contributed by atoms with E-state index in [1.165, 1.54) is 69.9 Å². The van der Waals surface area contributed by atoms with Gasteiger partial charge >= 0.3 is 0 Å². The maximum atomic E-state index is 3.73. The Hall–Kier alpha value is -0.820. The Morgan fingerprint density at radius 1 is 1.05 bits per heavy atom. The van der Waals surface area contributed by atoms with Crippen molar-refractivity contribution in [2.45, 2.75) is 70.8 Å². The first kappa shape index (κ1) is 15.6. The molecule has 1 atom stereocenters. The lowest BCUT2D eigenvalue weighted by atomic mass is 9.93. The Kier molecular flexibility index (Phi) is 7.14. The van der Waals surface area contributed by atoms with Gasteiger partial charge in [-0.3, -0.25) is 0 Å². The molecule has 112 valence electrons. The molecule has 1 unspecified atom stereocenters. The van der Waals surface area contributed by atoms with Gasteiger partial charge in [-0.05, 0) is 43.7 Å². The zero-order valence-electron chi connectivity index (χ0n) is 13.1. The van der Waals surface area contributed by atoms with E-state index in [0.29, 0.717) is 0 Å². The normalized spacial score (nSPS) is 16.2. The first-order valence-electron chi connectivity index (χ1n) is 8.65. The minimum Gasteiger partial charge on any atom is -0.314 e. The molecule has 1 aromatic rings. The van der Waals surface area contributed by atoms with Crippen molar-refractivity contribution in [3.8, 4) is 0 Å². The molecule has 0 aliphatic heterocycles. The Labute approximate surface area is 125 Å². The van der Waals surface area contributed by atoms with Crippen LogP contribution >= 0.6 is 0 Å². The molecule has 0 radical (unpaired) electrons. The van der Waals surface area contributed by atoms with Crippen LogP contribution in [0.5, 0.6) is 0 Å². The second kappa shape index (κ2) is 9.18. The highest BCUT2D eigenvalue weighted by Crippen LogP contribution is 2.21. The average molecular weight is 273 g/mol. The van der Waals surface area contributed by atoms with Gasteiger partial charge in [-0.25, -0.2) is 0 Å². The summed E-state index contributed by atoms with van der Waals surface area (Å²) in [5, 5.41) is 3.73. The monoisotopic (exact) mass is 273 g/mol. The number of hydrogen-bond acceptors (Lipinski definition) is 1. The third-order valence-electron chi connectivity index (χ3n) is 4.36. The van der Waals surface area contributed by atoms with Crippen LogP contribution in [0.25, 0.3) is 0 Å². The molecule has 1 aromatic carbocycles. The summed E-state index contributed by atoms with van der Waals surface area (Å²) >= 11 is 0. The quantitative estimate of drug-likeness (QED) is 0.562. The number of rotatable bonds is 11. The maximum Gasteiger partial charge on any atom is 0.00683 e. The van der Waals surface area contributed by atoms with Crippen LogP contribution in [0, 0.1) is 5.92 Å². The van der Waals surface area contributed by atoms with Gasteiger partial charge in [-0.1, -0.05) is 69.4 Å². The van der Waals surface area contributed by atoms with Gasteiger partial charge in [-0.2, -0.15) is 0 Å². The number of hydrogen-bond donors (Lipinski definition) is 1. The molecule has 1 N–H and O–H groups in total. The van der Waals surface area contributed by atoms with Crippen LogP contribution in [0.2, 0.25) is 0 Å². The highest BCUT2D eigenvalue weighted by atomic mass is 14.9. The fourth-order valence-electron chi connectivity index (χ4n) is 2.88. The summed E-state index contributed by atoms with van der Waals surface area (Å²) in [7, 11) is 0. The van der Waals surface area contributed by atoms with E-state index in [9.17, 15) is 0 Å². The maximum absolute atomic E-state index is 3.73. The van der Waals surface area contributed by atoms with Gasteiger partial charge in [0.15, 0.2) is 0 Å². The lowest BCUT2D eigenvalue weighted by Gasteiger charge is -2.18. The van der Waals surface area contributed by atoms with E-state index in [4.69, 9.17) is 0 Å². The molecule has 2 rings (SSSR count). The van der Waals surface area contributed by atoms with Gasteiger partial charge < -0.3 is 5.32 Å². The fourth-order valence-corrected chi connectivity index (χ4v) is 2.88. The molecule has 1 saturated carbocycles. The predicted molar refractivity (Wildman–Crippen MR) is 88.0 cm³/mol. The first-order chi connectivity index (χ1) is 9.88. The summed E-state index contributed by atoms with van der Waals surface area (Å²) in [6.07, 6.45) is 12.4. The van der Waals surface area contributed by atoms with Crippen LogP contribution in [0.3, 0.4) is 0 Å². The number of nitrogens with one attached hydrogen (secondary N) is 1. The minimum atomic E-state index is 0.819. The van der Waals surface area contributed by atoms with Gasteiger partial charge in [0.05, 0.1) is 0 Å². The molecule has 0 heterocycles. The standard InChI is InChI=1S/C19H31N/c1-2-3-4-5-7-12-18(16-20-19-13-14-19)15-17-10-8-6-9-11-17/h6,8-11,18-20H,2-5,7,12-16H2,1H3. The lowest BCUT2D eigenvalue weighted by Crippen LogP contribution is -2.26. The molecule has 0 amide bonds. The summed E-state index contributed by atoms with van der Waals surface area (Å²) in [5.74, 6) is 0.819. The summed E-state index contributed by atoms with van der Waals surface area (Å²) < 4.78 is 0. The Balaban J connectivity index is 1.71. The van der Waals surface area contributed by atoms with Crippen LogP contribution in [-0.2, 0) is 6.42 Å². The summed E-state index contributed by atoms with van der Waals surface area (Å²) in [6.45, 7) is 3.51. The van der Waals surface area contributed by atoms with Gasteiger partial charge in [0.2, 0.25) is 0 Å². The smallest absolute Gasteiger partial charge is 0.00683 e. The summed E-state index contributed by atoms with van der Waals surface area (Å²) in [4.78, 5) is 0. The molecule has 1 aliphatic rings. The largest absolute Gasteiger partial charge is 0.314 e. The fraction of sp³-hybridized carbons (Fsp3) is 0.684.